The van der Waals surface area contributed by atoms with Gasteiger partial charge < -0.3 is 24.3 Å². The van der Waals surface area contributed by atoms with Crippen molar-refractivity contribution in [2.75, 3.05) is 13.2 Å². The molecule has 0 aliphatic carbocycles. The van der Waals surface area contributed by atoms with Gasteiger partial charge in [0, 0.05) is 43.1 Å². The lowest BCUT2D eigenvalue weighted by Gasteiger charge is -2.34. The number of aromatic hydroxyl groups is 2. The summed E-state index contributed by atoms with van der Waals surface area (Å²) in [7, 11) is 0. The summed E-state index contributed by atoms with van der Waals surface area (Å²) < 4.78 is 48.5. The molecular formula is C76H94BrF2NO4. The van der Waals surface area contributed by atoms with E-state index in [-0.39, 0.29) is 62.6 Å². The molecule has 1 heterocycles. The van der Waals surface area contributed by atoms with Gasteiger partial charge >= 0.3 is 0 Å². The van der Waals surface area contributed by atoms with Crippen LogP contribution in [-0.4, -0.2) is 28.0 Å². The number of halogens is 3. The molecule has 8 heteroatoms. The molecular weight excluding hydrogens is 1110 g/mol. The zero-order valence-corrected chi connectivity index (χ0v) is 55.9. The first kappa shape index (κ1) is 63.9. The second-order valence-corrected chi connectivity index (χ2v) is 31.9. The third-order valence-corrected chi connectivity index (χ3v) is 17.1. The lowest BCUT2D eigenvalue weighted by molar-refractivity contribution is 0.265. The van der Waals surface area contributed by atoms with Gasteiger partial charge in [0.2, 0.25) is 0 Å². The number of aryl methyl sites for hydroxylation is 2. The Balaban J connectivity index is 1.16. The number of benzene rings is 7. The summed E-state index contributed by atoms with van der Waals surface area (Å²) in [6.45, 7) is 46.6. The fraction of sp³-hybridized carbons (Fsp3) is 0.447. The van der Waals surface area contributed by atoms with Crippen molar-refractivity contribution in [2.24, 2.45) is 10.8 Å². The number of ether oxygens (including phenoxy) is 2. The van der Waals surface area contributed by atoms with Crippen molar-refractivity contribution >= 4 is 37.7 Å². The quantitative estimate of drug-likeness (QED) is 0.100. The van der Waals surface area contributed by atoms with Gasteiger partial charge in [-0.2, -0.15) is 0 Å². The number of phenols is 2. The Hall–Kier alpha value is -6.12. The van der Waals surface area contributed by atoms with Gasteiger partial charge in [-0.25, -0.2) is 8.78 Å². The summed E-state index contributed by atoms with van der Waals surface area (Å²) in [5.74, 6) is 0.241. The van der Waals surface area contributed by atoms with Crippen LogP contribution in [-0.2, 0) is 27.1 Å². The van der Waals surface area contributed by atoms with Crippen LogP contribution in [0.1, 0.15) is 196 Å². The highest BCUT2D eigenvalue weighted by molar-refractivity contribution is 9.10. The molecule has 0 aliphatic rings. The molecule has 0 spiro atoms. The van der Waals surface area contributed by atoms with Crippen LogP contribution in [0.3, 0.4) is 0 Å². The van der Waals surface area contributed by atoms with Gasteiger partial charge in [0.15, 0.2) is 0 Å². The normalized spacial score (nSPS) is 13.1. The van der Waals surface area contributed by atoms with E-state index in [1.807, 2.05) is 26.0 Å². The van der Waals surface area contributed by atoms with Crippen LogP contribution in [0.25, 0.3) is 60.9 Å². The molecule has 2 N–H and O–H groups in total. The molecule has 0 aliphatic heterocycles. The Morgan fingerprint density at radius 3 is 1.30 bits per heavy atom. The number of phenolic OH excluding ortho intramolecular Hbond substituents is 2. The second kappa shape index (κ2) is 23.0. The standard InChI is InChI=1S/C76H94BrF2NO4/c1-45-30-54(78)41-61(59-36-51(75(18,19)43-70(3,4)5)35-58(66(59)81)47-32-49(73(12,13)14)34-50(33-47)74(15,16)17)68(45)83-28-22-23-29-84-69-46(2)31-55(79)42-62(69)60-37-52(76(20,21)44-71(6,7)8)39-65(67(60)82)80-63-38-48(72(9,10)11)24-26-56(63)57-27-25-53(77)40-64(57)80/h24-27,30-42,81-82H,22-23,28-29,43-44H2,1-21H3. The maximum absolute atomic E-state index is 16.0. The van der Waals surface area contributed by atoms with Gasteiger partial charge in [0.05, 0.1) is 29.9 Å². The molecule has 0 saturated heterocycles. The van der Waals surface area contributed by atoms with Crippen molar-refractivity contribution < 1.29 is 28.5 Å². The minimum Gasteiger partial charge on any atom is -0.507 e. The predicted molar refractivity (Wildman–Crippen MR) is 354 cm³/mol. The van der Waals surface area contributed by atoms with Crippen LogP contribution in [0.4, 0.5) is 8.78 Å². The molecule has 0 bridgehead atoms. The number of hydrogen-bond acceptors (Lipinski definition) is 4. The number of nitrogens with zero attached hydrogens (tertiary/aromatic N) is 1. The summed E-state index contributed by atoms with van der Waals surface area (Å²) in [6, 6.07) is 33.8. The molecule has 0 saturated carbocycles. The molecule has 0 amide bonds. The summed E-state index contributed by atoms with van der Waals surface area (Å²) in [6.07, 6.45) is 2.86. The number of aromatic nitrogens is 1. The van der Waals surface area contributed by atoms with Crippen molar-refractivity contribution in [1.29, 1.82) is 0 Å². The highest BCUT2D eigenvalue weighted by Gasteiger charge is 2.34. The maximum Gasteiger partial charge on any atom is 0.147 e. The maximum atomic E-state index is 16.0. The van der Waals surface area contributed by atoms with Crippen molar-refractivity contribution in [3.8, 4) is 62.1 Å². The minimum atomic E-state index is -0.431. The van der Waals surface area contributed by atoms with Crippen molar-refractivity contribution in [1.82, 2.24) is 4.57 Å². The minimum absolute atomic E-state index is 0.000573. The van der Waals surface area contributed by atoms with Crippen molar-refractivity contribution in [3.63, 3.8) is 0 Å². The molecule has 0 atom stereocenters. The van der Waals surface area contributed by atoms with Gasteiger partial charge in [-0.15, -0.1) is 0 Å². The topological polar surface area (TPSA) is 63.8 Å². The fourth-order valence-electron chi connectivity index (χ4n) is 12.9. The second-order valence-electron chi connectivity index (χ2n) is 30.9. The van der Waals surface area contributed by atoms with Gasteiger partial charge in [-0.3, -0.25) is 0 Å². The lowest BCUT2D eigenvalue weighted by Crippen LogP contribution is -2.25. The number of rotatable bonds is 15. The molecule has 0 unspecified atom stereocenters. The van der Waals surface area contributed by atoms with E-state index in [0.29, 0.717) is 69.0 Å². The molecule has 7 aromatic carbocycles. The van der Waals surface area contributed by atoms with E-state index in [2.05, 4.69) is 219 Å². The molecule has 5 nitrogen and oxygen atoms in total. The number of unbranched alkanes of at least 4 members (excludes halogenated alkanes) is 1. The molecule has 84 heavy (non-hydrogen) atoms. The van der Waals surface area contributed by atoms with E-state index >= 15 is 8.78 Å². The molecule has 8 aromatic rings. The Labute approximate surface area is 510 Å². The lowest BCUT2D eigenvalue weighted by atomic mass is 9.71. The monoisotopic (exact) mass is 1200 g/mol. The van der Waals surface area contributed by atoms with Crippen LogP contribution >= 0.6 is 15.9 Å². The van der Waals surface area contributed by atoms with E-state index in [1.165, 1.54) is 41.0 Å². The van der Waals surface area contributed by atoms with Gasteiger partial charge in [-0.05, 0) is 189 Å². The van der Waals surface area contributed by atoms with Crippen LogP contribution in [0.15, 0.2) is 108 Å². The van der Waals surface area contributed by atoms with E-state index in [4.69, 9.17) is 9.47 Å². The first-order chi connectivity index (χ1) is 38.6. The average molecular weight is 1200 g/mol. The Morgan fingerprint density at radius 1 is 0.429 bits per heavy atom. The van der Waals surface area contributed by atoms with Crippen LogP contribution < -0.4 is 9.47 Å². The summed E-state index contributed by atoms with van der Waals surface area (Å²) in [4.78, 5) is 0. The molecule has 448 valence electrons. The van der Waals surface area contributed by atoms with Crippen LogP contribution in [0.5, 0.6) is 23.0 Å². The fourth-order valence-corrected chi connectivity index (χ4v) is 13.2. The molecule has 1 aromatic heterocycles. The SMILES string of the molecule is Cc1cc(F)cc(-c2cc(C(C)(C)CC(C)(C)C)cc(-c3cc(C(C)(C)C)cc(C(C)(C)C)c3)c2O)c1OCCCCOc1c(C)cc(F)cc1-c1cc(C(C)(C)CC(C)(C)C)cc(-n2c3cc(Br)ccc3c3ccc(C(C)(C)C)cc32)c1O. The third kappa shape index (κ3) is 13.9. The van der Waals surface area contributed by atoms with Gasteiger partial charge in [-0.1, -0.05) is 184 Å². The first-order valence-electron chi connectivity index (χ1n) is 30.2. The van der Waals surface area contributed by atoms with Gasteiger partial charge in [0.1, 0.15) is 34.6 Å². The predicted octanol–water partition coefficient (Wildman–Crippen LogP) is 22.4. The van der Waals surface area contributed by atoms with E-state index in [9.17, 15) is 10.2 Å². The molecule has 8 rings (SSSR count). The smallest absolute Gasteiger partial charge is 0.147 e. The van der Waals surface area contributed by atoms with Crippen LogP contribution in [0, 0.1) is 36.3 Å². The van der Waals surface area contributed by atoms with Crippen LogP contribution in [0.2, 0.25) is 0 Å². The Bertz CT molecular complexity index is 3750. The summed E-state index contributed by atoms with van der Waals surface area (Å²) in [5, 5.41) is 27.8. The largest absolute Gasteiger partial charge is 0.507 e. The summed E-state index contributed by atoms with van der Waals surface area (Å²) in [5.41, 5.74) is 11.7. The Kier molecular flexibility index (Phi) is 17.5. The van der Waals surface area contributed by atoms with Gasteiger partial charge in [0.25, 0.3) is 0 Å². The summed E-state index contributed by atoms with van der Waals surface area (Å²) >= 11 is 3.76. The zero-order chi connectivity index (χ0) is 62.2. The van der Waals surface area contributed by atoms with E-state index in [1.54, 1.807) is 0 Å². The third-order valence-electron chi connectivity index (χ3n) is 16.6. The average Bonchev–Trinajstić information content (AvgIpc) is 1.77. The van der Waals surface area contributed by atoms with Crippen molar-refractivity contribution in [2.45, 2.75) is 198 Å². The first-order valence-corrected chi connectivity index (χ1v) is 31.0. The Morgan fingerprint density at radius 2 is 0.845 bits per heavy atom. The highest BCUT2D eigenvalue weighted by Crippen LogP contribution is 2.51. The number of fused-ring (bicyclic) bond motifs is 3. The highest BCUT2D eigenvalue weighted by atomic mass is 79.9. The molecule has 0 radical (unpaired) electrons. The van der Waals surface area contributed by atoms with E-state index < -0.39 is 11.6 Å². The zero-order valence-electron chi connectivity index (χ0n) is 54.3. The van der Waals surface area contributed by atoms with Crippen molar-refractivity contribution in [3.05, 3.63) is 158 Å². The number of hydrogen-bond donors (Lipinski definition) is 2. The molecule has 0 fully saturated rings. The van der Waals surface area contributed by atoms with E-state index in [0.717, 1.165) is 55.8 Å².